The molecule has 1 aliphatic carbocycles. The molecule has 0 aliphatic heterocycles. The summed E-state index contributed by atoms with van der Waals surface area (Å²) < 4.78 is 0. The minimum atomic E-state index is 0.542. The van der Waals surface area contributed by atoms with Crippen LogP contribution >= 0.6 is 0 Å². The van der Waals surface area contributed by atoms with Crippen LogP contribution in [0.5, 0.6) is 0 Å². The molecule has 1 aliphatic rings. The quantitative estimate of drug-likeness (QED) is 0.181. The molecule has 3 aromatic rings. The van der Waals surface area contributed by atoms with Crippen LogP contribution in [0.4, 0.5) is 0 Å². The maximum atomic E-state index is 2.42. The second-order valence-corrected chi connectivity index (χ2v) is 16.8. The van der Waals surface area contributed by atoms with Gasteiger partial charge in [0, 0.05) is 0 Å². The van der Waals surface area contributed by atoms with Crippen LogP contribution < -0.4 is 10.4 Å². The third-order valence-corrected chi connectivity index (χ3v) is 10.5. The van der Waals surface area contributed by atoms with Gasteiger partial charge in [-0.15, -0.1) is 0 Å². The monoisotopic (exact) mass is 665 g/mol. The highest BCUT2D eigenvalue weighted by molar-refractivity contribution is 5.77. The maximum absolute atomic E-state index is 2.42. The summed E-state index contributed by atoms with van der Waals surface area (Å²) in [6.45, 7) is 31.9. The van der Waals surface area contributed by atoms with Crippen molar-refractivity contribution in [3.8, 4) is 22.3 Å². The minimum Gasteiger partial charge on any atom is -0.0651 e. The maximum Gasteiger partial charge on any atom is -0.0105 e. The van der Waals surface area contributed by atoms with Crippen molar-refractivity contribution in [2.45, 2.75) is 167 Å². The highest BCUT2D eigenvalue weighted by Crippen LogP contribution is 2.51. The smallest absolute Gasteiger partial charge is 0.0105 e. The van der Waals surface area contributed by atoms with Crippen molar-refractivity contribution in [3.05, 3.63) is 82.2 Å². The summed E-state index contributed by atoms with van der Waals surface area (Å²) >= 11 is 0. The molecule has 3 aromatic carbocycles. The zero-order valence-corrected chi connectivity index (χ0v) is 34.7. The third-order valence-electron chi connectivity index (χ3n) is 10.5. The summed E-state index contributed by atoms with van der Waals surface area (Å²) in [6.07, 6.45) is 12.1. The first-order chi connectivity index (χ1) is 23.2. The molecular formula is C49H76. The molecule has 0 spiro atoms. The predicted molar refractivity (Wildman–Crippen MR) is 224 cm³/mol. The fourth-order valence-electron chi connectivity index (χ4n) is 6.42. The number of hydrogen-bond donors (Lipinski definition) is 0. The van der Waals surface area contributed by atoms with Gasteiger partial charge in [-0.25, -0.2) is 0 Å². The molecule has 0 amide bonds. The normalized spacial score (nSPS) is 16.8. The van der Waals surface area contributed by atoms with E-state index in [2.05, 4.69) is 158 Å². The first-order valence-corrected chi connectivity index (χ1v) is 20.3. The van der Waals surface area contributed by atoms with Crippen molar-refractivity contribution in [1.29, 1.82) is 0 Å². The molecule has 0 N–H and O–H groups in total. The summed E-state index contributed by atoms with van der Waals surface area (Å²) in [5, 5.41) is 2.97. The lowest BCUT2D eigenvalue weighted by Crippen LogP contribution is -2.33. The number of hydrogen-bond acceptors (Lipinski definition) is 0. The highest BCUT2D eigenvalue weighted by atomic mass is 14.4. The Morgan fingerprint density at radius 1 is 0.673 bits per heavy atom. The van der Waals surface area contributed by atoms with Crippen molar-refractivity contribution < 1.29 is 0 Å². The number of benzene rings is 3. The van der Waals surface area contributed by atoms with Gasteiger partial charge in [-0.1, -0.05) is 188 Å². The molecule has 0 heteroatoms. The largest absolute Gasteiger partial charge is 0.0651 e. The molecule has 1 saturated carbocycles. The van der Waals surface area contributed by atoms with Crippen molar-refractivity contribution in [3.63, 3.8) is 0 Å². The van der Waals surface area contributed by atoms with Crippen LogP contribution in [0, 0.1) is 23.2 Å². The molecular weight excluding hydrogens is 589 g/mol. The third kappa shape index (κ3) is 13.6. The van der Waals surface area contributed by atoms with E-state index in [1.807, 2.05) is 0 Å². The van der Waals surface area contributed by atoms with E-state index >= 15 is 0 Å². The van der Waals surface area contributed by atoms with E-state index in [4.69, 9.17) is 0 Å². The van der Waals surface area contributed by atoms with Gasteiger partial charge in [0.05, 0.1) is 0 Å². The summed E-state index contributed by atoms with van der Waals surface area (Å²) in [4.78, 5) is 0. The van der Waals surface area contributed by atoms with E-state index in [9.17, 15) is 0 Å². The van der Waals surface area contributed by atoms with Gasteiger partial charge >= 0.3 is 0 Å². The van der Waals surface area contributed by atoms with E-state index in [0.29, 0.717) is 5.41 Å². The van der Waals surface area contributed by atoms with E-state index in [0.717, 1.165) is 49.4 Å². The minimum absolute atomic E-state index is 0.542. The fraction of sp³-hybridized carbons (Fsp3) is 0.592. The molecule has 1 fully saturated rings. The molecule has 0 aromatic heterocycles. The Labute approximate surface area is 304 Å². The van der Waals surface area contributed by atoms with Crippen LogP contribution in [0.1, 0.15) is 172 Å². The Morgan fingerprint density at radius 2 is 1.18 bits per heavy atom. The Hall–Kier alpha value is -2.60. The van der Waals surface area contributed by atoms with Gasteiger partial charge in [-0.3, -0.25) is 0 Å². The number of aryl methyl sites for hydroxylation is 1. The van der Waals surface area contributed by atoms with Crippen molar-refractivity contribution in [2.75, 3.05) is 0 Å². The van der Waals surface area contributed by atoms with E-state index in [-0.39, 0.29) is 0 Å². The zero-order valence-electron chi connectivity index (χ0n) is 34.7. The summed E-state index contributed by atoms with van der Waals surface area (Å²) in [6, 6.07) is 23.8. The van der Waals surface area contributed by atoms with Gasteiger partial charge in [0.2, 0.25) is 0 Å². The molecule has 4 rings (SSSR count). The van der Waals surface area contributed by atoms with Gasteiger partial charge in [-0.2, -0.15) is 0 Å². The van der Waals surface area contributed by atoms with Crippen molar-refractivity contribution >= 4 is 11.1 Å². The lowest BCUT2D eigenvalue weighted by Gasteiger charge is -2.16. The topological polar surface area (TPSA) is 0 Å². The van der Waals surface area contributed by atoms with Crippen LogP contribution in [-0.2, 0) is 6.42 Å². The van der Waals surface area contributed by atoms with Crippen LogP contribution in [0.15, 0.2) is 60.7 Å². The van der Waals surface area contributed by atoms with Crippen molar-refractivity contribution in [2.24, 2.45) is 23.2 Å². The summed E-state index contributed by atoms with van der Waals surface area (Å²) in [5.41, 5.74) is 12.1. The lowest BCUT2D eigenvalue weighted by molar-refractivity contribution is 0.398. The van der Waals surface area contributed by atoms with Crippen LogP contribution in [0.2, 0.25) is 0 Å². The highest BCUT2D eigenvalue weighted by Gasteiger charge is 2.38. The summed E-state index contributed by atoms with van der Waals surface area (Å²) in [7, 11) is 0. The fourth-order valence-corrected chi connectivity index (χ4v) is 6.42. The second kappa shape index (κ2) is 20.9. The molecule has 0 nitrogen and oxygen atoms in total. The van der Waals surface area contributed by atoms with Gasteiger partial charge in [0.1, 0.15) is 0 Å². The molecule has 49 heavy (non-hydrogen) atoms. The molecule has 0 bridgehead atoms. The Morgan fingerprint density at radius 3 is 1.59 bits per heavy atom. The standard InChI is InChI=1S/C38H50.C6H14.C5H12/c1-8-12-28-14-16-30(17-15-28)34-22-23-35(38(29(11-4)13-9-2)37(34)27(7)10-3)31-18-20-32(21-19-31)36-25-33(36)24-26(5)6;1-5-6(2,3)4;1-4-5(2)3/h14-23,26,33,36H,8-13,24-25H2,1-7H3;5H2,1-4H3;5H,4H2,1-3H3/b37-27+,38-29-;;. The molecule has 2 atom stereocenters. The molecule has 0 radical (unpaired) electrons. The van der Waals surface area contributed by atoms with Crippen molar-refractivity contribution in [1.82, 2.24) is 0 Å². The first kappa shape index (κ1) is 42.6. The van der Waals surface area contributed by atoms with Crippen LogP contribution in [0.25, 0.3) is 33.4 Å². The van der Waals surface area contributed by atoms with Crippen LogP contribution in [0.3, 0.4) is 0 Å². The van der Waals surface area contributed by atoms with E-state index < -0.39 is 0 Å². The second-order valence-electron chi connectivity index (χ2n) is 16.8. The van der Waals surface area contributed by atoms with Gasteiger partial charge in [0.15, 0.2) is 0 Å². The average molecular weight is 665 g/mol. The first-order valence-electron chi connectivity index (χ1n) is 20.3. The predicted octanol–water partition coefficient (Wildman–Crippen LogP) is 14.6. The Kier molecular flexibility index (Phi) is 18.2. The SMILES string of the molecule is CCC(C)(C)C.CCC(C)C.CCC/C(CC)=c1/c(-c2ccc(C3CC3CC(C)C)cc2)ccc(-c2ccc(CCC)cc2)/c1=C(/C)CC. The van der Waals surface area contributed by atoms with Gasteiger partial charge in [0.25, 0.3) is 0 Å². The summed E-state index contributed by atoms with van der Waals surface area (Å²) in [5.74, 6) is 3.34. The number of rotatable bonds is 12. The molecule has 272 valence electrons. The average Bonchev–Trinajstić information content (AvgIpc) is 3.85. The molecule has 0 heterocycles. The Bertz CT molecular complexity index is 1490. The van der Waals surface area contributed by atoms with Gasteiger partial charge < -0.3 is 0 Å². The zero-order chi connectivity index (χ0) is 36.7. The van der Waals surface area contributed by atoms with Crippen LogP contribution in [-0.4, -0.2) is 0 Å². The Balaban J connectivity index is 0.000000656. The molecule has 0 saturated heterocycles. The van der Waals surface area contributed by atoms with Gasteiger partial charge in [-0.05, 0) is 118 Å². The lowest BCUT2D eigenvalue weighted by atomic mass is 9.88. The van der Waals surface area contributed by atoms with E-state index in [1.165, 1.54) is 87.9 Å². The molecule has 2 unspecified atom stereocenters. The van der Waals surface area contributed by atoms with E-state index in [1.54, 1.807) is 5.57 Å².